The van der Waals surface area contributed by atoms with Gasteiger partial charge in [-0.25, -0.2) is 9.98 Å². The third-order valence-electron chi connectivity index (χ3n) is 4.66. The Hall–Kier alpha value is -3.56. The van der Waals surface area contributed by atoms with Gasteiger partial charge in [-0.05, 0) is 18.9 Å². The molecule has 1 atom stereocenters. The second-order valence-electron chi connectivity index (χ2n) is 6.72. The van der Waals surface area contributed by atoms with Gasteiger partial charge in [0.15, 0.2) is 0 Å². The molecule has 28 heavy (non-hydrogen) atoms. The van der Waals surface area contributed by atoms with Crippen LogP contribution in [0.1, 0.15) is 28.9 Å². The normalized spacial score (nSPS) is 18.1. The number of nitrogens with zero attached hydrogens (tertiary/aromatic N) is 6. The van der Waals surface area contributed by atoms with E-state index in [1.54, 1.807) is 29.0 Å². The fourth-order valence-corrected chi connectivity index (χ4v) is 3.35. The van der Waals surface area contributed by atoms with Crippen molar-refractivity contribution in [3.8, 4) is 0 Å². The van der Waals surface area contributed by atoms with Gasteiger partial charge in [0.25, 0.3) is 5.91 Å². The van der Waals surface area contributed by atoms with Gasteiger partial charge >= 0.3 is 0 Å². The fourth-order valence-electron chi connectivity index (χ4n) is 3.35. The van der Waals surface area contributed by atoms with Crippen molar-refractivity contribution < 1.29 is 9.59 Å². The molecule has 2 aromatic heterocycles. The molecular weight excluding hydrogens is 360 g/mol. The van der Waals surface area contributed by atoms with Gasteiger partial charge in [0.05, 0.1) is 18.1 Å². The summed E-state index contributed by atoms with van der Waals surface area (Å²) < 4.78 is 1.65. The van der Waals surface area contributed by atoms with Gasteiger partial charge in [-0.3, -0.25) is 14.3 Å². The van der Waals surface area contributed by atoms with Gasteiger partial charge in [0, 0.05) is 32.4 Å². The maximum absolute atomic E-state index is 12.1. The zero-order valence-electron chi connectivity index (χ0n) is 15.4. The van der Waals surface area contributed by atoms with Crippen molar-refractivity contribution in [2.45, 2.75) is 18.9 Å². The summed E-state index contributed by atoms with van der Waals surface area (Å²) in [6.07, 6.45) is 7.95. The summed E-state index contributed by atoms with van der Waals surface area (Å²) in [6, 6.07) is 0.0102. The Morgan fingerprint density at radius 1 is 1.39 bits per heavy atom. The SMILES string of the molecule is C=CC(=O)N1CCCC(Nc2nc3c(c(Nc4cnn(C)c4)n2)C(=O)N=C3)C1. The number of amides is 2. The number of piperidine rings is 1. The Kier molecular flexibility index (Phi) is 4.60. The van der Waals surface area contributed by atoms with E-state index in [-0.39, 0.29) is 17.9 Å². The van der Waals surface area contributed by atoms with Crippen LogP contribution in [0.15, 0.2) is 30.0 Å². The molecule has 0 spiro atoms. The minimum Gasteiger partial charge on any atom is -0.350 e. The summed E-state index contributed by atoms with van der Waals surface area (Å²) in [6.45, 7) is 4.80. The Morgan fingerprint density at radius 2 is 2.25 bits per heavy atom. The number of aromatic nitrogens is 4. The topological polar surface area (TPSA) is 117 Å². The van der Waals surface area contributed by atoms with E-state index in [1.807, 2.05) is 0 Å². The lowest BCUT2D eigenvalue weighted by Crippen LogP contribution is -2.44. The highest BCUT2D eigenvalue weighted by atomic mass is 16.2. The second-order valence-corrected chi connectivity index (χ2v) is 6.72. The number of likely N-dealkylation sites (tertiary alicyclic amines) is 1. The molecule has 2 aromatic rings. The van der Waals surface area contributed by atoms with Crippen LogP contribution in [-0.4, -0.2) is 61.8 Å². The molecule has 0 aliphatic carbocycles. The first-order valence-corrected chi connectivity index (χ1v) is 8.97. The number of nitrogens with one attached hydrogen (secondary N) is 2. The van der Waals surface area contributed by atoms with Gasteiger partial charge < -0.3 is 15.5 Å². The van der Waals surface area contributed by atoms with E-state index in [4.69, 9.17) is 0 Å². The number of aliphatic imine (C=N–C) groups is 1. The quantitative estimate of drug-likeness (QED) is 0.746. The lowest BCUT2D eigenvalue weighted by atomic mass is 10.1. The molecule has 10 heteroatoms. The van der Waals surface area contributed by atoms with Crippen LogP contribution in [0.3, 0.4) is 0 Å². The van der Waals surface area contributed by atoms with Crippen molar-refractivity contribution in [3.05, 3.63) is 36.3 Å². The van der Waals surface area contributed by atoms with Crippen LogP contribution < -0.4 is 10.6 Å². The largest absolute Gasteiger partial charge is 0.350 e. The van der Waals surface area contributed by atoms with Gasteiger partial charge in [-0.15, -0.1) is 0 Å². The molecule has 2 N–H and O–H groups in total. The van der Waals surface area contributed by atoms with E-state index in [9.17, 15) is 9.59 Å². The smallest absolute Gasteiger partial charge is 0.283 e. The average Bonchev–Trinajstić information content (AvgIpc) is 3.27. The molecule has 4 heterocycles. The minimum atomic E-state index is -0.381. The van der Waals surface area contributed by atoms with Gasteiger partial charge in [0.1, 0.15) is 17.1 Å². The van der Waals surface area contributed by atoms with E-state index in [2.05, 4.69) is 37.3 Å². The monoisotopic (exact) mass is 380 g/mol. The van der Waals surface area contributed by atoms with Gasteiger partial charge in [-0.1, -0.05) is 6.58 Å². The highest BCUT2D eigenvalue weighted by molar-refractivity contribution is 6.15. The van der Waals surface area contributed by atoms with E-state index in [1.165, 1.54) is 12.3 Å². The number of carbonyl (C=O) groups excluding carboxylic acids is 2. The van der Waals surface area contributed by atoms with Crippen molar-refractivity contribution in [2.24, 2.45) is 12.0 Å². The molecule has 2 aliphatic heterocycles. The molecule has 2 amide bonds. The number of hydrogen-bond acceptors (Lipinski definition) is 7. The van der Waals surface area contributed by atoms with Gasteiger partial charge in [0.2, 0.25) is 11.9 Å². The fraction of sp³-hybridized carbons (Fsp3) is 0.333. The summed E-state index contributed by atoms with van der Waals surface area (Å²) in [5.74, 6) is 0.286. The first-order valence-electron chi connectivity index (χ1n) is 8.97. The third kappa shape index (κ3) is 3.48. The Labute approximate surface area is 161 Å². The minimum absolute atomic E-state index is 0.0102. The number of fused-ring (bicyclic) bond motifs is 1. The molecule has 10 nitrogen and oxygen atoms in total. The van der Waals surface area contributed by atoms with Crippen molar-refractivity contribution in [2.75, 3.05) is 23.7 Å². The molecule has 0 aromatic carbocycles. The summed E-state index contributed by atoms with van der Waals surface area (Å²) in [5.41, 5.74) is 1.50. The molecular formula is C18H20N8O2. The molecule has 1 fully saturated rings. The number of carbonyl (C=O) groups is 2. The summed E-state index contributed by atoms with van der Waals surface area (Å²) >= 11 is 0. The first kappa shape index (κ1) is 17.8. The molecule has 0 saturated carbocycles. The zero-order valence-corrected chi connectivity index (χ0v) is 15.4. The first-order chi connectivity index (χ1) is 13.5. The maximum atomic E-state index is 12.1. The van der Waals surface area contributed by atoms with E-state index < -0.39 is 0 Å². The van der Waals surface area contributed by atoms with Gasteiger partial charge in [-0.2, -0.15) is 10.1 Å². The van der Waals surface area contributed by atoms with Crippen molar-refractivity contribution in [1.29, 1.82) is 0 Å². The third-order valence-corrected chi connectivity index (χ3v) is 4.66. The highest BCUT2D eigenvalue weighted by Gasteiger charge is 2.27. The number of anilines is 3. The molecule has 0 radical (unpaired) electrons. The Bertz CT molecular complexity index is 980. The number of aryl methyl sites for hydroxylation is 1. The van der Waals surface area contributed by atoms with Crippen LogP contribution in [0.5, 0.6) is 0 Å². The molecule has 0 bridgehead atoms. The van der Waals surface area contributed by atoms with E-state index >= 15 is 0 Å². The van der Waals surface area contributed by atoms with Crippen molar-refractivity contribution in [3.63, 3.8) is 0 Å². The molecule has 2 aliphatic rings. The van der Waals surface area contributed by atoms with Crippen molar-refractivity contribution in [1.82, 2.24) is 24.6 Å². The predicted molar refractivity (Wildman–Crippen MR) is 104 cm³/mol. The van der Waals surface area contributed by atoms with Crippen LogP contribution in [0.2, 0.25) is 0 Å². The Morgan fingerprint density at radius 3 is 3.00 bits per heavy atom. The van der Waals surface area contributed by atoms with Crippen LogP contribution in [0.4, 0.5) is 17.5 Å². The van der Waals surface area contributed by atoms with Crippen LogP contribution >= 0.6 is 0 Å². The standard InChI is InChI=1S/C18H20N8O2/c1-3-14(27)26-6-4-5-11(10-26)22-18-23-13-8-19-17(28)15(13)16(24-18)21-12-7-20-25(2)9-12/h3,7-9,11H,1,4-6,10H2,2H3,(H2,21,22,23,24). The van der Waals surface area contributed by atoms with Crippen molar-refractivity contribution >= 4 is 35.5 Å². The Balaban J connectivity index is 1.58. The molecule has 1 saturated heterocycles. The average molecular weight is 380 g/mol. The maximum Gasteiger partial charge on any atom is 0.283 e. The van der Waals surface area contributed by atoms with E-state index in [0.29, 0.717) is 41.8 Å². The van der Waals surface area contributed by atoms with Crippen LogP contribution in [0.25, 0.3) is 0 Å². The number of hydrogen-bond donors (Lipinski definition) is 2. The summed E-state index contributed by atoms with van der Waals surface area (Å²) in [4.78, 5) is 38.5. The second kappa shape index (κ2) is 7.22. The van der Waals surface area contributed by atoms with E-state index in [0.717, 1.165) is 12.8 Å². The lowest BCUT2D eigenvalue weighted by Gasteiger charge is -2.32. The molecule has 1 unspecified atom stereocenters. The summed E-state index contributed by atoms with van der Waals surface area (Å²) in [5, 5.41) is 10.5. The zero-order chi connectivity index (χ0) is 19.7. The molecule has 144 valence electrons. The van der Waals surface area contributed by atoms with Crippen LogP contribution in [0, 0.1) is 0 Å². The lowest BCUT2D eigenvalue weighted by molar-refractivity contribution is -0.127. The predicted octanol–water partition coefficient (Wildman–Crippen LogP) is 1.12. The number of rotatable bonds is 5. The summed E-state index contributed by atoms with van der Waals surface area (Å²) in [7, 11) is 1.80. The molecule has 4 rings (SSSR count). The highest BCUT2D eigenvalue weighted by Crippen LogP contribution is 2.26. The van der Waals surface area contributed by atoms with Crippen LogP contribution in [-0.2, 0) is 11.8 Å².